The number of pyridine rings is 1. The molecule has 1 fully saturated rings. The first-order valence-corrected chi connectivity index (χ1v) is 12.4. The first-order chi connectivity index (χ1) is 19.0. The van der Waals surface area contributed by atoms with Crippen molar-refractivity contribution in [3.63, 3.8) is 0 Å². The molecule has 4 N–H and O–H groups in total. The van der Waals surface area contributed by atoms with Crippen LogP contribution in [0.4, 0.5) is 19.1 Å². The summed E-state index contributed by atoms with van der Waals surface area (Å²) in [5, 5.41) is 0.323. The van der Waals surface area contributed by atoms with E-state index in [1.807, 2.05) is 0 Å². The Hall–Kier alpha value is -4.30. The van der Waals surface area contributed by atoms with Gasteiger partial charge in [-0.25, -0.2) is 19.9 Å². The molecule has 1 aromatic carbocycles. The normalized spacial score (nSPS) is 15.4. The molecule has 1 saturated heterocycles. The highest BCUT2D eigenvalue weighted by Crippen LogP contribution is 2.37. The van der Waals surface area contributed by atoms with Gasteiger partial charge in [0.15, 0.2) is 11.5 Å². The van der Waals surface area contributed by atoms with Gasteiger partial charge in [-0.15, -0.1) is 0 Å². The zero-order valence-electron chi connectivity index (χ0n) is 21.8. The fourth-order valence-electron chi connectivity index (χ4n) is 4.57. The molecule has 1 atom stereocenters. The van der Waals surface area contributed by atoms with Gasteiger partial charge in [0.25, 0.3) is 5.91 Å². The SMILES string of the molecule is COc1ccc(-c2nc(C(=O)N3CCN(Cc4cnc(N)nc4)CC3)c([C@H](C)N)o2)c2ccc(C(F)(F)F)nc12. The Morgan fingerprint density at radius 3 is 2.42 bits per heavy atom. The predicted octanol–water partition coefficient (Wildman–Crippen LogP) is 3.27. The van der Waals surface area contributed by atoms with E-state index < -0.39 is 17.9 Å². The minimum Gasteiger partial charge on any atom is -0.494 e. The van der Waals surface area contributed by atoms with Gasteiger partial charge in [0.05, 0.1) is 13.2 Å². The number of fused-ring (bicyclic) bond motifs is 1. The van der Waals surface area contributed by atoms with E-state index in [0.29, 0.717) is 43.7 Å². The lowest BCUT2D eigenvalue weighted by Crippen LogP contribution is -2.48. The van der Waals surface area contributed by atoms with Gasteiger partial charge in [-0.05, 0) is 31.2 Å². The fourth-order valence-corrected chi connectivity index (χ4v) is 4.57. The molecule has 4 aromatic rings. The number of methoxy groups -OCH3 is 1. The van der Waals surface area contributed by atoms with Crippen LogP contribution >= 0.6 is 0 Å². The Morgan fingerprint density at radius 2 is 1.80 bits per heavy atom. The Labute approximate surface area is 227 Å². The summed E-state index contributed by atoms with van der Waals surface area (Å²) < 4.78 is 51.2. The highest BCUT2D eigenvalue weighted by atomic mass is 19.4. The molecule has 5 rings (SSSR count). The molecule has 1 amide bonds. The Morgan fingerprint density at radius 1 is 1.10 bits per heavy atom. The molecule has 0 saturated carbocycles. The highest BCUT2D eigenvalue weighted by Gasteiger charge is 2.34. The van der Waals surface area contributed by atoms with Gasteiger partial charge < -0.3 is 25.5 Å². The molecule has 0 bridgehead atoms. The Kier molecular flexibility index (Phi) is 7.29. The number of nitrogens with zero attached hydrogens (tertiary/aromatic N) is 6. The van der Waals surface area contributed by atoms with E-state index in [-0.39, 0.29) is 40.5 Å². The second kappa shape index (κ2) is 10.7. The van der Waals surface area contributed by atoms with Crippen LogP contribution in [0.25, 0.3) is 22.4 Å². The van der Waals surface area contributed by atoms with E-state index in [4.69, 9.17) is 20.6 Å². The number of carbonyl (C=O) groups is 1. The molecule has 0 spiro atoms. The number of hydrogen-bond acceptors (Lipinski definition) is 10. The van der Waals surface area contributed by atoms with Gasteiger partial charge in [-0.3, -0.25) is 9.69 Å². The third-order valence-corrected chi connectivity index (χ3v) is 6.62. The smallest absolute Gasteiger partial charge is 0.433 e. The minimum absolute atomic E-state index is 0.00845. The van der Waals surface area contributed by atoms with Gasteiger partial charge in [-0.1, -0.05) is 0 Å². The summed E-state index contributed by atoms with van der Waals surface area (Å²) in [4.78, 5) is 33.6. The van der Waals surface area contributed by atoms with Crippen molar-refractivity contribution in [1.82, 2.24) is 29.7 Å². The van der Waals surface area contributed by atoms with Crippen molar-refractivity contribution in [3.8, 4) is 17.2 Å². The summed E-state index contributed by atoms with van der Waals surface area (Å²) in [7, 11) is 1.34. The summed E-state index contributed by atoms with van der Waals surface area (Å²) >= 11 is 0. The number of halogens is 3. The first kappa shape index (κ1) is 27.3. The summed E-state index contributed by atoms with van der Waals surface area (Å²) in [6.45, 7) is 4.41. The number of ether oxygens (including phenoxy) is 1. The number of hydrogen-bond donors (Lipinski definition) is 2. The van der Waals surface area contributed by atoms with Crippen molar-refractivity contribution in [1.29, 1.82) is 0 Å². The van der Waals surface area contributed by atoms with Crippen molar-refractivity contribution in [2.45, 2.75) is 25.7 Å². The molecule has 1 aliphatic heterocycles. The molecule has 210 valence electrons. The van der Waals surface area contributed by atoms with Gasteiger partial charge in [0, 0.05) is 61.6 Å². The van der Waals surface area contributed by atoms with Gasteiger partial charge in [-0.2, -0.15) is 13.2 Å². The molecular formula is C26H27F3N8O3. The van der Waals surface area contributed by atoms with Gasteiger partial charge in [0.1, 0.15) is 17.0 Å². The van der Waals surface area contributed by atoms with Crippen LogP contribution in [0.3, 0.4) is 0 Å². The van der Waals surface area contributed by atoms with E-state index >= 15 is 0 Å². The zero-order chi connectivity index (χ0) is 28.6. The number of rotatable bonds is 6. The predicted molar refractivity (Wildman–Crippen MR) is 139 cm³/mol. The molecule has 4 heterocycles. The number of aromatic nitrogens is 4. The van der Waals surface area contributed by atoms with Crippen LogP contribution in [0.1, 0.15) is 40.5 Å². The molecule has 0 aliphatic carbocycles. The fraction of sp³-hybridized carbons (Fsp3) is 0.346. The third kappa shape index (κ3) is 5.40. The van der Waals surface area contributed by atoms with Crippen LogP contribution in [0.15, 0.2) is 41.1 Å². The lowest BCUT2D eigenvalue weighted by atomic mass is 10.1. The summed E-state index contributed by atoms with van der Waals surface area (Å²) in [6.07, 6.45) is -1.28. The molecule has 0 unspecified atom stereocenters. The van der Waals surface area contributed by atoms with Crippen LogP contribution in [0, 0.1) is 0 Å². The third-order valence-electron chi connectivity index (χ3n) is 6.62. The average molecular weight is 557 g/mol. The van der Waals surface area contributed by atoms with Crippen molar-refractivity contribution >= 4 is 22.8 Å². The molecule has 11 nitrogen and oxygen atoms in total. The van der Waals surface area contributed by atoms with Crippen molar-refractivity contribution in [2.75, 3.05) is 39.0 Å². The van der Waals surface area contributed by atoms with E-state index in [9.17, 15) is 18.0 Å². The topological polar surface area (TPSA) is 150 Å². The highest BCUT2D eigenvalue weighted by molar-refractivity contribution is 5.98. The maximum Gasteiger partial charge on any atom is 0.433 e. The number of piperazine rings is 1. The van der Waals surface area contributed by atoms with E-state index in [2.05, 4.69) is 24.8 Å². The van der Waals surface area contributed by atoms with E-state index in [1.165, 1.54) is 19.2 Å². The van der Waals surface area contributed by atoms with Crippen LogP contribution in [0.2, 0.25) is 0 Å². The second-order valence-electron chi connectivity index (χ2n) is 9.44. The number of nitrogens with two attached hydrogens (primary N) is 2. The molecule has 0 radical (unpaired) electrons. The number of nitrogen functional groups attached to an aromatic ring is 1. The standard InChI is InChI=1S/C26H27F3N8O3/c1-14(30)22-21(24(38)37-9-7-36(8-10-37)13-15-11-32-25(31)33-12-15)35-23(40-22)17-3-5-18(39-2)20-16(17)4-6-19(34-20)26(27,28)29/h3-6,11-12,14H,7-10,13,30H2,1-2H3,(H2,31,32,33)/t14-/m0/s1. The number of alkyl halides is 3. The first-order valence-electron chi connectivity index (χ1n) is 12.4. The molecule has 40 heavy (non-hydrogen) atoms. The lowest BCUT2D eigenvalue weighted by Gasteiger charge is -2.34. The number of benzene rings is 1. The summed E-state index contributed by atoms with van der Waals surface area (Å²) in [5.41, 5.74) is 11.9. The second-order valence-corrected chi connectivity index (χ2v) is 9.44. The number of anilines is 1. The zero-order valence-corrected chi connectivity index (χ0v) is 21.8. The van der Waals surface area contributed by atoms with Crippen LogP contribution in [0.5, 0.6) is 5.75 Å². The number of amides is 1. The minimum atomic E-state index is -4.63. The summed E-state index contributed by atoms with van der Waals surface area (Å²) in [6, 6.07) is 4.58. The average Bonchev–Trinajstić information content (AvgIpc) is 3.38. The van der Waals surface area contributed by atoms with Gasteiger partial charge >= 0.3 is 6.18 Å². The number of oxazole rings is 1. The van der Waals surface area contributed by atoms with Crippen molar-refractivity contribution in [2.24, 2.45) is 5.73 Å². The van der Waals surface area contributed by atoms with Crippen molar-refractivity contribution in [3.05, 3.63) is 59.4 Å². The number of carbonyl (C=O) groups excluding carboxylic acids is 1. The molecular weight excluding hydrogens is 529 g/mol. The lowest BCUT2D eigenvalue weighted by molar-refractivity contribution is -0.140. The van der Waals surface area contributed by atoms with Crippen LogP contribution in [-0.4, -0.2) is 68.9 Å². The Bertz CT molecular complexity index is 1530. The van der Waals surface area contributed by atoms with Crippen molar-refractivity contribution < 1.29 is 27.1 Å². The van der Waals surface area contributed by atoms with E-state index in [1.54, 1.807) is 30.3 Å². The maximum atomic E-state index is 13.5. The van der Waals surface area contributed by atoms with Crippen LogP contribution < -0.4 is 16.2 Å². The quantitative estimate of drug-likeness (QED) is 0.362. The largest absolute Gasteiger partial charge is 0.494 e. The van der Waals surface area contributed by atoms with E-state index in [0.717, 1.165) is 11.6 Å². The summed E-state index contributed by atoms with van der Waals surface area (Å²) in [5.74, 6) is 0.259. The van der Waals surface area contributed by atoms with Gasteiger partial charge in [0.2, 0.25) is 11.8 Å². The monoisotopic (exact) mass is 556 g/mol. The molecule has 1 aliphatic rings. The maximum absolute atomic E-state index is 13.5. The Balaban J connectivity index is 1.41. The molecule has 3 aromatic heterocycles. The van der Waals surface area contributed by atoms with Crippen LogP contribution in [-0.2, 0) is 12.7 Å². The molecule has 14 heteroatoms.